The van der Waals surface area contributed by atoms with Gasteiger partial charge in [0.2, 0.25) is 5.96 Å². The predicted octanol–water partition coefficient (Wildman–Crippen LogP) is 3.64. The second kappa shape index (κ2) is 9.22. The summed E-state index contributed by atoms with van der Waals surface area (Å²) in [5, 5.41) is 15.7. The number of nitro benzene ring substituents is 1. The SMILES string of the molecule is COc1cc(N=C(NC(=O)OC(C)(C)C)NC(=O)OC(C)(C)C)cc([N+](=O)[O-])c1. The monoisotopic (exact) mass is 410 g/mol. The Bertz CT molecular complexity index is 775. The first-order valence-electron chi connectivity index (χ1n) is 8.61. The van der Waals surface area contributed by atoms with Gasteiger partial charge >= 0.3 is 12.2 Å². The first-order chi connectivity index (χ1) is 13.2. The maximum atomic E-state index is 12.1. The summed E-state index contributed by atoms with van der Waals surface area (Å²) >= 11 is 0. The van der Waals surface area contributed by atoms with Crippen molar-refractivity contribution in [2.75, 3.05) is 7.11 Å². The molecule has 1 aromatic rings. The molecule has 2 N–H and O–H groups in total. The van der Waals surface area contributed by atoms with Crippen LogP contribution in [-0.2, 0) is 9.47 Å². The fourth-order valence-electron chi connectivity index (χ4n) is 1.87. The van der Waals surface area contributed by atoms with Crippen LogP contribution in [0.4, 0.5) is 21.0 Å². The fourth-order valence-corrected chi connectivity index (χ4v) is 1.87. The lowest BCUT2D eigenvalue weighted by molar-refractivity contribution is -0.384. The number of carbonyl (C=O) groups is 2. The zero-order chi connectivity index (χ0) is 22.4. The van der Waals surface area contributed by atoms with Crippen molar-refractivity contribution >= 4 is 29.5 Å². The van der Waals surface area contributed by atoms with Crippen LogP contribution in [0.1, 0.15) is 41.5 Å². The molecule has 1 aromatic carbocycles. The molecule has 0 fully saturated rings. The number of carbonyl (C=O) groups excluding carboxylic acids is 2. The summed E-state index contributed by atoms with van der Waals surface area (Å²) < 4.78 is 15.3. The molecule has 0 aromatic heterocycles. The number of nitro groups is 1. The minimum atomic E-state index is -0.885. The van der Waals surface area contributed by atoms with Crippen LogP contribution in [0.3, 0.4) is 0 Å². The summed E-state index contributed by atoms with van der Waals surface area (Å²) in [5.41, 5.74) is -1.82. The second-order valence-electron chi connectivity index (χ2n) is 7.86. The van der Waals surface area contributed by atoms with Crippen molar-refractivity contribution < 1.29 is 28.7 Å². The highest BCUT2D eigenvalue weighted by atomic mass is 16.6. The van der Waals surface area contributed by atoms with E-state index in [0.717, 1.165) is 6.07 Å². The molecule has 0 saturated carbocycles. The number of amides is 2. The predicted molar refractivity (Wildman–Crippen MR) is 105 cm³/mol. The van der Waals surface area contributed by atoms with E-state index in [2.05, 4.69) is 15.6 Å². The summed E-state index contributed by atoms with van der Waals surface area (Å²) in [6.45, 7) is 9.98. The third-order valence-electron chi connectivity index (χ3n) is 2.80. The molecular weight excluding hydrogens is 384 g/mol. The smallest absolute Gasteiger partial charge is 0.414 e. The molecule has 11 nitrogen and oxygen atoms in total. The van der Waals surface area contributed by atoms with Gasteiger partial charge in [-0.05, 0) is 41.5 Å². The van der Waals surface area contributed by atoms with Gasteiger partial charge in [-0.15, -0.1) is 0 Å². The number of alkyl carbamates (subject to hydrolysis) is 2. The number of hydrogen-bond donors (Lipinski definition) is 2. The lowest BCUT2D eigenvalue weighted by atomic mass is 10.2. The number of benzene rings is 1. The van der Waals surface area contributed by atoms with E-state index in [1.54, 1.807) is 41.5 Å². The number of hydrogen-bond acceptors (Lipinski definition) is 8. The van der Waals surface area contributed by atoms with Crippen LogP contribution in [0.25, 0.3) is 0 Å². The van der Waals surface area contributed by atoms with E-state index in [1.165, 1.54) is 19.2 Å². The van der Waals surface area contributed by atoms with Gasteiger partial charge in [0.05, 0.1) is 23.8 Å². The summed E-state index contributed by atoms with van der Waals surface area (Å²) in [5.74, 6) is -0.164. The number of guanidine groups is 1. The van der Waals surface area contributed by atoms with Gasteiger partial charge in [0.25, 0.3) is 5.69 Å². The average molecular weight is 410 g/mol. The zero-order valence-corrected chi connectivity index (χ0v) is 17.5. The molecule has 0 spiro atoms. The molecule has 0 radical (unpaired) electrons. The number of aliphatic imine (C=N–C) groups is 1. The van der Waals surface area contributed by atoms with E-state index in [0.29, 0.717) is 0 Å². The Hall–Kier alpha value is -3.37. The molecule has 29 heavy (non-hydrogen) atoms. The van der Waals surface area contributed by atoms with Gasteiger partial charge in [-0.2, -0.15) is 0 Å². The Morgan fingerprint density at radius 1 is 0.966 bits per heavy atom. The topological polar surface area (TPSA) is 141 Å². The molecule has 0 heterocycles. The van der Waals surface area contributed by atoms with E-state index in [4.69, 9.17) is 14.2 Å². The van der Waals surface area contributed by atoms with Crippen LogP contribution >= 0.6 is 0 Å². The van der Waals surface area contributed by atoms with Gasteiger partial charge < -0.3 is 14.2 Å². The third-order valence-corrected chi connectivity index (χ3v) is 2.80. The molecule has 2 amide bonds. The standard InChI is InChI=1S/C18H26N4O7/c1-17(2,3)28-15(23)20-14(21-16(24)29-18(4,5)6)19-11-8-12(22(25)26)10-13(9-11)27-7/h8-10H,1-7H3,(H2,19,20,21,23,24). The van der Waals surface area contributed by atoms with Crippen LogP contribution in [0.5, 0.6) is 5.75 Å². The molecule has 0 aliphatic rings. The number of ether oxygens (including phenoxy) is 3. The van der Waals surface area contributed by atoms with Gasteiger partial charge in [0.1, 0.15) is 17.0 Å². The van der Waals surface area contributed by atoms with Crippen molar-refractivity contribution in [2.24, 2.45) is 4.99 Å². The Labute approximate surface area is 168 Å². The fraction of sp³-hybridized carbons (Fsp3) is 0.500. The van der Waals surface area contributed by atoms with Crippen molar-refractivity contribution in [3.05, 3.63) is 28.3 Å². The Morgan fingerprint density at radius 3 is 1.83 bits per heavy atom. The van der Waals surface area contributed by atoms with E-state index in [9.17, 15) is 19.7 Å². The first-order valence-corrected chi connectivity index (χ1v) is 8.61. The van der Waals surface area contributed by atoms with Crippen molar-refractivity contribution in [2.45, 2.75) is 52.7 Å². The third kappa shape index (κ3) is 9.40. The van der Waals surface area contributed by atoms with Gasteiger partial charge in [-0.1, -0.05) is 0 Å². The number of methoxy groups -OCH3 is 1. The number of rotatable bonds is 3. The minimum Gasteiger partial charge on any atom is -0.496 e. The highest BCUT2D eigenvalue weighted by Gasteiger charge is 2.21. The van der Waals surface area contributed by atoms with Gasteiger partial charge in [0, 0.05) is 12.1 Å². The van der Waals surface area contributed by atoms with E-state index in [-0.39, 0.29) is 23.1 Å². The van der Waals surface area contributed by atoms with Gasteiger partial charge in [0.15, 0.2) is 0 Å². The molecule has 0 saturated heterocycles. The summed E-state index contributed by atoms with van der Waals surface area (Å²) in [6, 6.07) is 3.75. The molecule has 1 rings (SSSR count). The maximum absolute atomic E-state index is 12.1. The molecule has 160 valence electrons. The Kier molecular flexibility index (Phi) is 7.52. The summed E-state index contributed by atoms with van der Waals surface area (Å²) in [6.07, 6.45) is -1.77. The van der Waals surface area contributed by atoms with Crippen molar-refractivity contribution in [1.82, 2.24) is 10.6 Å². The second-order valence-corrected chi connectivity index (χ2v) is 7.86. The molecule has 11 heteroatoms. The van der Waals surface area contributed by atoms with E-state index < -0.39 is 28.3 Å². The lowest BCUT2D eigenvalue weighted by Gasteiger charge is -2.22. The molecule has 0 aliphatic carbocycles. The lowest BCUT2D eigenvalue weighted by Crippen LogP contribution is -2.47. The molecule has 0 aliphatic heterocycles. The highest BCUT2D eigenvalue weighted by Crippen LogP contribution is 2.27. The number of non-ortho nitro benzene ring substituents is 1. The van der Waals surface area contributed by atoms with E-state index >= 15 is 0 Å². The molecular formula is C18H26N4O7. The van der Waals surface area contributed by atoms with Crippen LogP contribution in [-0.4, -0.2) is 41.4 Å². The normalized spacial score (nSPS) is 11.1. The van der Waals surface area contributed by atoms with Crippen molar-refractivity contribution in [3.63, 3.8) is 0 Å². The molecule has 0 atom stereocenters. The van der Waals surface area contributed by atoms with Crippen LogP contribution < -0.4 is 15.4 Å². The van der Waals surface area contributed by atoms with Crippen molar-refractivity contribution in [3.8, 4) is 5.75 Å². The summed E-state index contributed by atoms with van der Waals surface area (Å²) in [7, 11) is 1.34. The largest absolute Gasteiger partial charge is 0.496 e. The first kappa shape index (κ1) is 23.7. The average Bonchev–Trinajstić information content (AvgIpc) is 2.50. The number of nitrogens with one attached hydrogen (secondary N) is 2. The van der Waals surface area contributed by atoms with Crippen molar-refractivity contribution in [1.29, 1.82) is 0 Å². The Balaban J connectivity index is 3.24. The van der Waals surface area contributed by atoms with Crippen LogP contribution in [0.15, 0.2) is 23.2 Å². The Morgan fingerprint density at radius 2 is 1.45 bits per heavy atom. The maximum Gasteiger partial charge on any atom is 0.414 e. The summed E-state index contributed by atoms with van der Waals surface area (Å²) in [4.78, 5) is 38.7. The zero-order valence-electron chi connectivity index (χ0n) is 17.5. The molecule has 0 bridgehead atoms. The van der Waals surface area contributed by atoms with Gasteiger partial charge in [-0.25, -0.2) is 14.6 Å². The molecule has 0 unspecified atom stereocenters. The highest BCUT2D eigenvalue weighted by molar-refractivity contribution is 6.02. The van der Waals surface area contributed by atoms with Crippen LogP contribution in [0, 0.1) is 10.1 Å². The minimum absolute atomic E-state index is 0.0539. The van der Waals surface area contributed by atoms with E-state index in [1.807, 2.05) is 0 Å². The van der Waals surface area contributed by atoms with Crippen LogP contribution in [0.2, 0.25) is 0 Å². The number of nitrogens with zero attached hydrogens (tertiary/aromatic N) is 2. The van der Waals surface area contributed by atoms with Gasteiger partial charge in [-0.3, -0.25) is 20.7 Å². The quantitative estimate of drug-likeness (QED) is 0.335.